The number of morpholine rings is 1. The Hall–Kier alpha value is -3.06. The van der Waals surface area contributed by atoms with Gasteiger partial charge in [-0.25, -0.2) is 4.79 Å². The van der Waals surface area contributed by atoms with Crippen molar-refractivity contribution in [3.05, 3.63) is 42.5 Å². The van der Waals surface area contributed by atoms with E-state index in [0.717, 1.165) is 43.1 Å². The maximum atomic E-state index is 12.1. The summed E-state index contributed by atoms with van der Waals surface area (Å²) in [7, 11) is 0. The summed E-state index contributed by atoms with van der Waals surface area (Å²) < 4.78 is 5.41. The molecule has 0 aromatic heterocycles. The van der Waals surface area contributed by atoms with Gasteiger partial charge in [0.1, 0.15) is 0 Å². The number of hydrogen-bond acceptors (Lipinski definition) is 4. The summed E-state index contributed by atoms with van der Waals surface area (Å²) in [5, 5.41) is 9.68. The number of carboxylic acid groups (broad SMARTS) is 1. The van der Waals surface area contributed by atoms with Crippen molar-refractivity contribution in [1.29, 1.82) is 0 Å². The summed E-state index contributed by atoms with van der Waals surface area (Å²) >= 11 is 0. The number of amides is 2. The van der Waals surface area contributed by atoms with Crippen LogP contribution in [0.2, 0.25) is 0 Å². The molecule has 0 spiro atoms. The highest BCUT2D eigenvalue weighted by Gasteiger charge is 2.33. The fourth-order valence-corrected chi connectivity index (χ4v) is 4.15. The van der Waals surface area contributed by atoms with E-state index in [0.29, 0.717) is 11.4 Å². The first-order chi connectivity index (χ1) is 14.0. The van der Waals surface area contributed by atoms with E-state index >= 15 is 0 Å². The monoisotopic (exact) mass is 395 g/mol. The molecule has 7 nitrogen and oxygen atoms in total. The average molecular weight is 395 g/mol. The van der Waals surface area contributed by atoms with Crippen molar-refractivity contribution in [2.24, 2.45) is 0 Å². The Morgan fingerprint density at radius 3 is 2.28 bits per heavy atom. The largest absolute Gasteiger partial charge is 0.465 e. The number of anilines is 3. The number of fused-ring (bicyclic) bond motifs is 1. The Labute approximate surface area is 170 Å². The lowest BCUT2D eigenvalue weighted by Crippen LogP contribution is -2.51. The second-order valence-corrected chi connectivity index (χ2v) is 7.48. The van der Waals surface area contributed by atoms with Crippen LogP contribution in [0, 0.1) is 0 Å². The van der Waals surface area contributed by atoms with E-state index in [1.165, 1.54) is 11.8 Å². The molecule has 2 aliphatic heterocycles. The molecule has 0 bridgehead atoms. The van der Waals surface area contributed by atoms with Crippen LogP contribution in [0.4, 0.5) is 21.9 Å². The normalized spacial score (nSPS) is 19.1. The third-order valence-corrected chi connectivity index (χ3v) is 5.56. The lowest BCUT2D eigenvalue weighted by atomic mass is 10.0. The SMILES string of the molecule is CC(=O)N1c2ccc(-c3ccc(N4CCOCC4)cc3)cc2N(C(=O)O)C[C@@H]1C. The third-order valence-electron chi connectivity index (χ3n) is 5.56. The predicted molar refractivity (Wildman–Crippen MR) is 113 cm³/mol. The molecule has 152 valence electrons. The fraction of sp³-hybridized carbons (Fsp3) is 0.364. The number of carbonyl (C=O) groups excluding carboxylic acids is 1. The molecule has 2 aromatic rings. The second-order valence-electron chi connectivity index (χ2n) is 7.48. The van der Waals surface area contributed by atoms with E-state index in [2.05, 4.69) is 17.0 Å². The van der Waals surface area contributed by atoms with Crippen molar-refractivity contribution in [2.45, 2.75) is 19.9 Å². The lowest BCUT2D eigenvalue weighted by Gasteiger charge is -2.39. The van der Waals surface area contributed by atoms with E-state index in [9.17, 15) is 14.7 Å². The van der Waals surface area contributed by atoms with Crippen molar-refractivity contribution >= 4 is 29.1 Å². The van der Waals surface area contributed by atoms with Gasteiger partial charge < -0.3 is 19.6 Å². The zero-order valence-electron chi connectivity index (χ0n) is 16.7. The highest BCUT2D eigenvalue weighted by atomic mass is 16.5. The minimum Gasteiger partial charge on any atom is -0.465 e. The van der Waals surface area contributed by atoms with Gasteiger partial charge in [0.05, 0.1) is 30.6 Å². The molecule has 0 aliphatic carbocycles. The van der Waals surface area contributed by atoms with Gasteiger partial charge in [-0.3, -0.25) is 9.69 Å². The number of ether oxygens (including phenoxy) is 1. The van der Waals surface area contributed by atoms with Crippen LogP contribution in [-0.2, 0) is 9.53 Å². The van der Waals surface area contributed by atoms with Crippen molar-refractivity contribution < 1.29 is 19.4 Å². The lowest BCUT2D eigenvalue weighted by molar-refractivity contribution is -0.117. The highest BCUT2D eigenvalue weighted by molar-refractivity contribution is 6.02. The molecule has 1 atom stereocenters. The van der Waals surface area contributed by atoms with E-state index in [1.54, 1.807) is 4.90 Å². The molecule has 7 heteroatoms. The van der Waals surface area contributed by atoms with Crippen molar-refractivity contribution in [1.82, 2.24) is 0 Å². The highest BCUT2D eigenvalue weighted by Crippen LogP contribution is 2.39. The van der Waals surface area contributed by atoms with E-state index in [-0.39, 0.29) is 18.5 Å². The van der Waals surface area contributed by atoms with Crippen LogP contribution in [0.15, 0.2) is 42.5 Å². The number of nitrogens with zero attached hydrogens (tertiary/aromatic N) is 3. The van der Waals surface area contributed by atoms with E-state index in [1.807, 2.05) is 37.3 Å². The molecule has 2 aromatic carbocycles. The Morgan fingerprint density at radius 1 is 1.00 bits per heavy atom. The molecule has 0 saturated carbocycles. The predicted octanol–water partition coefficient (Wildman–Crippen LogP) is 3.43. The summed E-state index contributed by atoms with van der Waals surface area (Å²) in [6.07, 6.45) is -1.01. The molecule has 1 fully saturated rings. The molecule has 0 radical (unpaired) electrons. The molecular weight excluding hydrogens is 370 g/mol. The minimum absolute atomic E-state index is 0.0913. The molecule has 1 saturated heterocycles. The molecule has 2 aliphatic rings. The molecule has 0 unspecified atom stereocenters. The minimum atomic E-state index is -1.01. The summed E-state index contributed by atoms with van der Waals surface area (Å²) in [5.74, 6) is -0.0913. The molecule has 29 heavy (non-hydrogen) atoms. The fourth-order valence-electron chi connectivity index (χ4n) is 4.15. The van der Waals surface area contributed by atoms with E-state index < -0.39 is 6.09 Å². The van der Waals surface area contributed by atoms with Crippen LogP contribution < -0.4 is 14.7 Å². The van der Waals surface area contributed by atoms with Crippen LogP contribution in [0.1, 0.15) is 13.8 Å². The molecule has 4 rings (SSSR count). The van der Waals surface area contributed by atoms with Gasteiger partial charge in [-0.15, -0.1) is 0 Å². The van der Waals surface area contributed by atoms with Gasteiger partial charge >= 0.3 is 6.09 Å². The van der Waals surface area contributed by atoms with Gasteiger partial charge in [0, 0.05) is 32.2 Å². The molecule has 1 N–H and O–H groups in total. The zero-order valence-corrected chi connectivity index (χ0v) is 16.7. The average Bonchev–Trinajstić information content (AvgIpc) is 2.73. The Kier molecular flexibility index (Phi) is 5.15. The first-order valence-corrected chi connectivity index (χ1v) is 9.83. The van der Waals surface area contributed by atoms with Crippen LogP contribution in [0.5, 0.6) is 0 Å². The molecule has 2 amide bonds. The number of carbonyl (C=O) groups is 2. The summed E-state index contributed by atoms with van der Waals surface area (Å²) in [6, 6.07) is 13.7. The maximum Gasteiger partial charge on any atom is 0.411 e. The van der Waals surface area contributed by atoms with Gasteiger partial charge in [0.15, 0.2) is 0 Å². The first kappa shape index (κ1) is 19.3. The van der Waals surface area contributed by atoms with Gasteiger partial charge in [0.25, 0.3) is 0 Å². The Bertz CT molecular complexity index is 922. The van der Waals surface area contributed by atoms with Gasteiger partial charge in [0.2, 0.25) is 5.91 Å². The van der Waals surface area contributed by atoms with Crippen LogP contribution in [-0.4, -0.2) is 56.0 Å². The maximum absolute atomic E-state index is 12.1. The van der Waals surface area contributed by atoms with Gasteiger partial charge in [-0.1, -0.05) is 18.2 Å². The summed E-state index contributed by atoms with van der Waals surface area (Å²) in [5.41, 5.74) is 4.25. The zero-order chi connectivity index (χ0) is 20.5. The number of benzene rings is 2. The smallest absolute Gasteiger partial charge is 0.411 e. The van der Waals surface area contributed by atoms with Crippen LogP contribution in [0.3, 0.4) is 0 Å². The van der Waals surface area contributed by atoms with Crippen molar-refractivity contribution in [3.8, 4) is 11.1 Å². The molecule has 2 heterocycles. The third kappa shape index (κ3) is 3.65. The van der Waals surface area contributed by atoms with Crippen molar-refractivity contribution in [2.75, 3.05) is 47.5 Å². The second kappa shape index (κ2) is 7.75. The quantitative estimate of drug-likeness (QED) is 0.843. The van der Waals surface area contributed by atoms with Gasteiger partial charge in [-0.05, 0) is 42.3 Å². The van der Waals surface area contributed by atoms with Crippen LogP contribution >= 0.6 is 0 Å². The standard InChI is InChI=1S/C22H25N3O4/c1-15-14-24(22(27)28)21-13-18(5-8-20(21)25(15)16(2)26)17-3-6-19(7-4-17)23-9-11-29-12-10-23/h3-8,13,15H,9-12,14H2,1-2H3,(H,27,28)/t15-/m0/s1. The van der Waals surface area contributed by atoms with Gasteiger partial charge in [-0.2, -0.15) is 0 Å². The number of hydrogen-bond donors (Lipinski definition) is 1. The number of rotatable bonds is 2. The first-order valence-electron chi connectivity index (χ1n) is 9.83. The van der Waals surface area contributed by atoms with Crippen LogP contribution in [0.25, 0.3) is 11.1 Å². The van der Waals surface area contributed by atoms with E-state index in [4.69, 9.17) is 4.74 Å². The topological polar surface area (TPSA) is 73.3 Å². The van der Waals surface area contributed by atoms with Crippen molar-refractivity contribution in [3.63, 3.8) is 0 Å². The Balaban J connectivity index is 1.68. The summed E-state index contributed by atoms with van der Waals surface area (Å²) in [4.78, 5) is 29.2. The summed E-state index contributed by atoms with van der Waals surface area (Å²) in [6.45, 7) is 6.86. The Morgan fingerprint density at radius 2 is 1.66 bits per heavy atom. The molecular formula is C22H25N3O4.